The van der Waals surface area contributed by atoms with Gasteiger partial charge in [-0.15, -0.1) is 0 Å². The van der Waals surface area contributed by atoms with Gasteiger partial charge in [-0.25, -0.2) is 0 Å². The first-order chi connectivity index (χ1) is 2.93. The molecule has 0 aromatic rings. The number of alkyl halides is 1. The maximum atomic E-state index is 11.2. The van der Waals surface area contributed by atoms with Gasteiger partial charge in [0, 0.05) is 6.42 Å². The highest BCUT2D eigenvalue weighted by Crippen LogP contribution is 2.12. The minimum absolute atomic E-state index is 0.231. The fourth-order valence-electron chi connectivity index (χ4n) is 0.356. The fourth-order valence-corrected chi connectivity index (χ4v) is 0.356. The Morgan fingerprint density at radius 3 is 2.67 bits per heavy atom. The standard InChI is InChI=1S/C4H7FO/c5-2-1-4-3-6-4/h4H,1-3H2/t4-/m1/s1. The van der Waals surface area contributed by atoms with E-state index in [0.29, 0.717) is 6.42 Å². The van der Waals surface area contributed by atoms with E-state index in [2.05, 4.69) is 0 Å². The molecule has 1 heterocycles. The second-order valence-corrected chi connectivity index (χ2v) is 1.43. The number of halogens is 1. The summed E-state index contributed by atoms with van der Waals surface area (Å²) in [5.41, 5.74) is 0. The van der Waals surface area contributed by atoms with Crippen LogP contribution >= 0.6 is 0 Å². The molecule has 1 atom stereocenters. The molecule has 1 nitrogen and oxygen atoms in total. The van der Waals surface area contributed by atoms with E-state index >= 15 is 0 Å². The van der Waals surface area contributed by atoms with Gasteiger partial charge in [-0.2, -0.15) is 0 Å². The summed E-state index contributed by atoms with van der Waals surface area (Å²) < 4.78 is 15.9. The highest BCUT2D eigenvalue weighted by Gasteiger charge is 2.20. The summed E-state index contributed by atoms with van der Waals surface area (Å²) in [5.74, 6) is 0. The molecule has 0 aromatic carbocycles. The second kappa shape index (κ2) is 1.56. The van der Waals surface area contributed by atoms with E-state index in [1.807, 2.05) is 0 Å². The van der Waals surface area contributed by atoms with Gasteiger partial charge in [0.15, 0.2) is 0 Å². The van der Waals surface area contributed by atoms with Crippen molar-refractivity contribution >= 4 is 0 Å². The highest BCUT2D eigenvalue weighted by atomic mass is 19.1. The van der Waals surface area contributed by atoms with Gasteiger partial charge in [0.25, 0.3) is 0 Å². The van der Waals surface area contributed by atoms with Crippen LogP contribution in [0.25, 0.3) is 0 Å². The number of hydrogen-bond acceptors (Lipinski definition) is 1. The lowest BCUT2D eigenvalue weighted by Crippen LogP contribution is -1.83. The van der Waals surface area contributed by atoms with Gasteiger partial charge < -0.3 is 4.74 Å². The normalized spacial score (nSPS) is 30.5. The molecule has 1 saturated heterocycles. The van der Waals surface area contributed by atoms with E-state index in [4.69, 9.17) is 4.74 Å². The zero-order valence-corrected chi connectivity index (χ0v) is 3.48. The molecule has 2 heteroatoms. The Hall–Kier alpha value is -0.110. The average Bonchev–Trinajstić information content (AvgIpc) is 2.21. The average molecular weight is 90.1 g/mol. The predicted octanol–water partition coefficient (Wildman–Crippen LogP) is 0.745. The van der Waals surface area contributed by atoms with E-state index < -0.39 is 0 Å². The molecule has 1 aliphatic heterocycles. The Morgan fingerprint density at radius 2 is 2.50 bits per heavy atom. The lowest BCUT2D eigenvalue weighted by atomic mass is 10.4. The first-order valence-electron chi connectivity index (χ1n) is 2.11. The van der Waals surface area contributed by atoms with Gasteiger partial charge in [0.2, 0.25) is 0 Å². The molecule has 0 radical (unpaired) electrons. The number of rotatable bonds is 2. The number of epoxide rings is 1. The van der Waals surface area contributed by atoms with Gasteiger partial charge in [-0.1, -0.05) is 0 Å². The zero-order chi connectivity index (χ0) is 4.41. The minimum Gasteiger partial charge on any atom is -0.373 e. The first-order valence-corrected chi connectivity index (χ1v) is 2.11. The Labute approximate surface area is 36.1 Å². The summed E-state index contributed by atoms with van der Waals surface area (Å²) in [4.78, 5) is 0. The molecule has 0 aliphatic carbocycles. The SMILES string of the molecule is FCC[C@@H]1CO1. The minimum atomic E-state index is -0.231. The molecule has 0 spiro atoms. The summed E-state index contributed by atoms with van der Waals surface area (Å²) in [7, 11) is 0. The topological polar surface area (TPSA) is 12.5 Å². The Morgan fingerprint density at radius 1 is 1.83 bits per heavy atom. The molecule has 0 amide bonds. The molecule has 1 fully saturated rings. The second-order valence-electron chi connectivity index (χ2n) is 1.43. The van der Waals surface area contributed by atoms with Gasteiger partial charge in [-0.05, 0) is 0 Å². The molecule has 0 bridgehead atoms. The van der Waals surface area contributed by atoms with Crippen molar-refractivity contribution in [3.05, 3.63) is 0 Å². The van der Waals surface area contributed by atoms with Crippen molar-refractivity contribution in [3.63, 3.8) is 0 Å². The molecular weight excluding hydrogens is 83.0 g/mol. The van der Waals surface area contributed by atoms with E-state index in [1.165, 1.54) is 0 Å². The molecule has 0 saturated carbocycles. The maximum Gasteiger partial charge on any atom is 0.0920 e. The Kier molecular flexibility index (Phi) is 1.05. The predicted molar refractivity (Wildman–Crippen MR) is 20.3 cm³/mol. The molecule has 0 unspecified atom stereocenters. The van der Waals surface area contributed by atoms with Crippen molar-refractivity contribution in [1.82, 2.24) is 0 Å². The maximum absolute atomic E-state index is 11.2. The summed E-state index contributed by atoms with van der Waals surface area (Å²) in [6.45, 7) is 0.550. The third-order valence-corrected chi connectivity index (χ3v) is 0.833. The summed E-state index contributed by atoms with van der Waals surface area (Å²) in [5, 5.41) is 0. The van der Waals surface area contributed by atoms with Crippen LogP contribution in [0.5, 0.6) is 0 Å². The van der Waals surface area contributed by atoms with Gasteiger partial charge in [-0.3, -0.25) is 4.39 Å². The van der Waals surface area contributed by atoms with Crippen LogP contribution in [0.2, 0.25) is 0 Å². The highest BCUT2D eigenvalue weighted by molar-refractivity contribution is 4.66. The third-order valence-electron chi connectivity index (χ3n) is 0.833. The summed E-state index contributed by atoms with van der Waals surface area (Å²) in [6, 6.07) is 0. The molecular formula is C4H7FO. The van der Waals surface area contributed by atoms with E-state index in [9.17, 15) is 4.39 Å². The molecule has 6 heavy (non-hydrogen) atoms. The van der Waals surface area contributed by atoms with Crippen molar-refractivity contribution in [3.8, 4) is 0 Å². The lowest BCUT2D eigenvalue weighted by molar-refractivity contribution is 0.363. The number of hydrogen-bond donors (Lipinski definition) is 0. The van der Waals surface area contributed by atoms with Crippen LogP contribution < -0.4 is 0 Å². The molecule has 0 N–H and O–H groups in total. The van der Waals surface area contributed by atoms with Crippen LogP contribution in [0.4, 0.5) is 4.39 Å². The van der Waals surface area contributed by atoms with Crippen LogP contribution in [-0.4, -0.2) is 19.4 Å². The summed E-state index contributed by atoms with van der Waals surface area (Å²) >= 11 is 0. The van der Waals surface area contributed by atoms with Crippen LogP contribution in [0.1, 0.15) is 6.42 Å². The quantitative estimate of drug-likeness (QED) is 0.456. The fraction of sp³-hybridized carbons (Fsp3) is 1.00. The molecule has 1 aliphatic rings. The monoisotopic (exact) mass is 90.0 g/mol. The van der Waals surface area contributed by atoms with Crippen LogP contribution in [0, 0.1) is 0 Å². The van der Waals surface area contributed by atoms with Gasteiger partial charge in [0.1, 0.15) is 0 Å². The van der Waals surface area contributed by atoms with Crippen LogP contribution in [0.15, 0.2) is 0 Å². The van der Waals surface area contributed by atoms with Crippen molar-refractivity contribution in [1.29, 1.82) is 0 Å². The first kappa shape index (κ1) is 4.06. The van der Waals surface area contributed by atoms with Crippen molar-refractivity contribution in [2.24, 2.45) is 0 Å². The third kappa shape index (κ3) is 0.937. The smallest absolute Gasteiger partial charge is 0.0920 e. The largest absolute Gasteiger partial charge is 0.373 e. The van der Waals surface area contributed by atoms with Gasteiger partial charge in [0.05, 0.1) is 19.4 Å². The van der Waals surface area contributed by atoms with E-state index in [1.54, 1.807) is 0 Å². The van der Waals surface area contributed by atoms with Crippen molar-refractivity contribution in [2.45, 2.75) is 12.5 Å². The number of ether oxygens (including phenoxy) is 1. The lowest BCUT2D eigenvalue weighted by Gasteiger charge is -1.77. The van der Waals surface area contributed by atoms with Crippen molar-refractivity contribution in [2.75, 3.05) is 13.3 Å². The van der Waals surface area contributed by atoms with Crippen LogP contribution in [0.3, 0.4) is 0 Å². The Balaban J connectivity index is 1.88. The van der Waals surface area contributed by atoms with Gasteiger partial charge >= 0.3 is 0 Å². The Bertz CT molecular complexity index is 42.8. The van der Waals surface area contributed by atoms with E-state index in [-0.39, 0.29) is 12.8 Å². The zero-order valence-electron chi connectivity index (χ0n) is 3.48. The molecule has 1 rings (SSSR count). The molecule has 0 aromatic heterocycles. The van der Waals surface area contributed by atoms with Crippen molar-refractivity contribution < 1.29 is 9.13 Å². The van der Waals surface area contributed by atoms with Crippen LogP contribution in [-0.2, 0) is 4.74 Å². The summed E-state index contributed by atoms with van der Waals surface area (Å²) in [6.07, 6.45) is 0.870. The molecule has 36 valence electrons. The van der Waals surface area contributed by atoms with E-state index in [0.717, 1.165) is 6.61 Å².